The van der Waals surface area contributed by atoms with Gasteiger partial charge in [0.05, 0.1) is 17.4 Å². The van der Waals surface area contributed by atoms with Crippen molar-refractivity contribution in [2.24, 2.45) is 5.92 Å². The van der Waals surface area contributed by atoms with Gasteiger partial charge in [0.1, 0.15) is 12.6 Å². The van der Waals surface area contributed by atoms with Crippen LogP contribution in [0.4, 0.5) is 4.79 Å². The van der Waals surface area contributed by atoms with Crippen LogP contribution in [0.15, 0.2) is 95.2 Å². The average Bonchev–Trinajstić information content (AvgIpc) is 3.31. The molecule has 0 bridgehead atoms. The molecule has 0 unspecified atom stereocenters. The molecular weight excluding hydrogens is 556 g/mol. The van der Waals surface area contributed by atoms with Crippen LogP contribution in [0.25, 0.3) is 11.1 Å². The Morgan fingerprint density at radius 3 is 2.05 bits per heavy atom. The van der Waals surface area contributed by atoms with Crippen molar-refractivity contribution in [2.45, 2.75) is 49.6 Å². The minimum atomic E-state index is -3.86. The van der Waals surface area contributed by atoms with Crippen LogP contribution in [0.5, 0.6) is 0 Å². The van der Waals surface area contributed by atoms with Gasteiger partial charge >= 0.3 is 12.1 Å². The third kappa shape index (κ3) is 7.25. The molecule has 1 aliphatic rings. The van der Waals surface area contributed by atoms with E-state index >= 15 is 0 Å². The van der Waals surface area contributed by atoms with Gasteiger partial charge in [0.25, 0.3) is 0 Å². The zero-order chi connectivity index (χ0) is 30.3. The summed E-state index contributed by atoms with van der Waals surface area (Å²) < 4.78 is 30.9. The molecule has 2 amide bonds. The summed E-state index contributed by atoms with van der Waals surface area (Å²) >= 11 is 0. The highest BCUT2D eigenvalue weighted by Crippen LogP contribution is 2.44. The minimum absolute atomic E-state index is 0.0380. The Balaban J connectivity index is 1.44. The topological polar surface area (TPSA) is 139 Å². The Kier molecular flexibility index (Phi) is 9.80. The predicted molar refractivity (Wildman–Crippen MR) is 158 cm³/mol. The normalized spacial score (nSPS) is 14.8. The second-order valence-corrected chi connectivity index (χ2v) is 12.1. The lowest BCUT2D eigenvalue weighted by Gasteiger charge is -2.25. The number of carbonyl (C=O) groups excluding carboxylic acids is 2. The van der Waals surface area contributed by atoms with Crippen molar-refractivity contribution >= 4 is 27.8 Å². The van der Waals surface area contributed by atoms with Crippen molar-refractivity contribution in [1.82, 2.24) is 10.6 Å². The van der Waals surface area contributed by atoms with Crippen LogP contribution < -0.4 is 10.6 Å². The van der Waals surface area contributed by atoms with Gasteiger partial charge in [0, 0.05) is 11.3 Å². The van der Waals surface area contributed by atoms with Crippen molar-refractivity contribution in [3.8, 4) is 11.1 Å². The quantitative estimate of drug-likeness (QED) is 0.273. The highest BCUT2D eigenvalue weighted by Gasteiger charge is 2.31. The lowest BCUT2D eigenvalue weighted by molar-refractivity contribution is -0.137. The van der Waals surface area contributed by atoms with Gasteiger partial charge in [-0.1, -0.05) is 87.0 Å². The first kappa shape index (κ1) is 30.5. The molecule has 0 heterocycles. The van der Waals surface area contributed by atoms with Gasteiger partial charge in [-0.15, -0.1) is 0 Å². The molecule has 3 atom stereocenters. The molecule has 9 nitrogen and oxygen atoms in total. The van der Waals surface area contributed by atoms with Crippen molar-refractivity contribution < 1.29 is 32.6 Å². The number of sulfone groups is 1. The summed E-state index contributed by atoms with van der Waals surface area (Å²) in [4.78, 5) is 37.8. The maximum atomic E-state index is 13.3. The summed E-state index contributed by atoms with van der Waals surface area (Å²) in [6.07, 6.45) is 0.332. The van der Waals surface area contributed by atoms with E-state index in [2.05, 4.69) is 10.6 Å². The molecule has 3 N–H and O–H groups in total. The van der Waals surface area contributed by atoms with Crippen LogP contribution in [0, 0.1) is 5.92 Å². The van der Waals surface area contributed by atoms with E-state index in [4.69, 9.17) is 4.74 Å². The third-order valence-corrected chi connectivity index (χ3v) is 8.84. The predicted octanol–water partition coefficient (Wildman–Crippen LogP) is 4.89. The van der Waals surface area contributed by atoms with Crippen LogP contribution in [-0.2, 0) is 24.2 Å². The van der Waals surface area contributed by atoms with Gasteiger partial charge < -0.3 is 20.5 Å². The number of carboxylic acids is 1. The standard InChI is InChI=1S/C32H34N2O7S/c1-3-21(2)30(31(37)33-22(19-29(35)36)17-18-42(39,40)23-11-5-4-6-12-23)34-32(38)41-20-28-26-15-9-7-13-24(26)25-14-8-10-16-27(25)28/h4-18,21-22,28,30H,3,19-20H2,1-2H3,(H,33,37)(H,34,38)(H,35,36)/b18-17+/t21-,22+,30-/m0/s1. The number of nitrogens with one attached hydrogen (secondary N) is 2. The molecule has 3 aromatic carbocycles. The van der Waals surface area contributed by atoms with Crippen LogP contribution in [0.1, 0.15) is 43.7 Å². The van der Waals surface area contributed by atoms with E-state index in [1.165, 1.54) is 12.1 Å². The maximum absolute atomic E-state index is 13.3. The van der Waals surface area contributed by atoms with Crippen molar-refractivity contribution in [2.75, 3.05) is 6.61 Å². The van der Waals surface area contributed by atoms with E-state index < -0.39 is 46.3 Å². The minimum Gasteiger partial charge on any atom is -0.481 e. The number of aliphatic carboxylic acids is 1. The lowest BCUT2D eigenvalue weighted by Crippen LogP contribution is -2.52. The molecule has 42 heavy (non-hydrogen) atoms. The Morgan fingerprint density at radius 1 is 0.905 bits per heavy atom. The first-order valence-electron chi connectivity index (χ1n) is 13.7. The van der Waals surface area contributed by atoms with Gasteiger partial charge in [-0.25, -0.2) is 13.2 Å². The van der Waals surface area contributed by atoms with Crippen molar-refractivity contribution in [3.63, 3.8) is 0 Å². The summed E-state index contributed by atoms with van der Waals surface area (Å²) in [7, 11) is -3.86. The summed E-state index contributed by atoms with van der Waals surface area (Å²) in [6, 6.07) is 21.4. The molecule has 220 valence electrons. The molecule has 1 aliphatic carbocycles. The van der Waals surface area contributed by atoms with Gasteiger partial charge in [-0.2, -0.15) is 0 Å². The van der Waals surface area contributed by atoms with Gasteiger partial charge in [-0.05, 0) is 46.4 Å². The number of rotatable bonds is 12. The third-order valence-electron chi connectivity index (χ3n) is 7.40. The first-order chi connectivity index (χ1) is 20.1. The molecule has 0 saturated carbocycles. The number of hydrogen-bond donors (Lipinski definition) is 3. The number of benzene rings is 3. The molecule has 0 aromatic heterocycles. The maximum Gasteiger partial charge on any atom is 0.407 e. The van der Waals surface area contributed by atoms with E-state index in [1.807, 2.05) is 55.5 Å². The van der Waals surface area contributed by atoms with E-state index in [0.717, 1.165) is 33.7 Å². The van der Waals surface area contributed by atoms with Crippen LogP contribution >= 0.6 is 0 Å². The molecule has 3 aromatic rings. The number of fused-ring (bicyclic) bond motifs is 3. The first-order valence-corrected chi connectivity index (χ1v) is 15.3. The number of amides is 2. The van der Waals surface area contributed by atoms with E-state index in [9.17, 15) is 27.9 Å². The van der Waals surface area contributed by atoms with Crippen LogP contribution in [0.2, 0.25) is 0 Å². The molecular formula is C32H34N2O7S. The summed E-state index contributed by atoms with van der Waals surface area (Å²) in [5.41, 5.74) is 4.28. The number of carbonyl (C=O) groups is 3. The fourth-order valence-corrected chi connectivity index (χ4v) is 6.07. The molecule has 4 rings (SSSR count). The van der Waals surface area contributed by atoms with Gasteiger partial charge in [0.2, 0.25) is 5.91 Å². The molecule has 0 radical (unpaired) electrons. The Morgan fingerprint density at radius 2 is 1.48 bits per heavy atom. The highest BCUT2D eigenvalue weighted by atomic mass is 32.2. The van der Waals surface area contributed by atoms with Crippen molar-refractivity contribution in [3.05, 3.63) is 101 Å². The number of carboxylic acid groups (broad SMARTS) is 1. The fourth-order valence-electron chi connectivity index (χ4n) is 4.98. The fraction of sp³-hybridized carbons (Fsp3) is 0.281. The number of ether oxygens (including phenoxy) is 1. The Bertz CT molecular complexity index is 1520. The largest absolute Gasteiger partial charge is 0.481 e. The summed E-state index contributed by atoms with van der Waals surface area (Å²) in [5.74, 6) is -2.36. The Labute approximate surface area is 245 Å². The average molecular weight is 591 g/mol. The summed E-state index contributed by atoms with van der Waals surface area (Å²) in [6.45, 7) is 3.69. The molecule has 10 heteroatoms. The van der Waals surface area contributed by atoms with Crippen LogP contribution in [-0.4, -0.2) is 50.2 Å². The highest BCUT2D eigenvalue weighted by molar-refractivity contribution is 7.94. The lowest BCUT2D eigenvalue weighted by atomic mass is 9.97. The molecule has 0 fully saturated rings. The second-order valence-electron chi connectivity index (χ2n) is 10.2. The smallest absolute Gasteiger partial charge is 0.407 e. The number of alkyl carbamates (subject to hydrolysis) is 1. The van der Waals surface area contributed by atoms with Gasteiger partial charge in [-0.3, -0.25) is 9.59 Å². The second kappa shape index (κ2) is 13.5. The van der Waals surface area contributed by atoms with E-state index in [0.29, 0.717) is 6.42 Å². The number of hydrogen-bond acceptors (Lipinski definition) is 6. The Hall–Kier alpha value is -4.44. The molecule has 0 saturated heterocycles. The van der Waals surface area contributed by atoms with Crippen molar-refractivity contribution in [1.29, 1.82) is 0 Å². The zero-order valence-corrected chi connectivity index (χ0v) is 24.2. The molecule has 0 spiro atoms. The zero-order valence-electron chi connectivity index (χ0n) is 23.4. The molecule has 0 aliphatic heterocycles. The SMILES string of the molecule is CC[C@H](C)[C@H](NC(=O)OCC1c2ccccc2-c2ccccc21)C(=O)N[C@H](/C=C/S(=O)(=O)c1ccccc1)CC(=O)O. The van der Waals surface area contributed by atoms with Gasteiger partial charge in [0.15, 0.2) is 9.84 Å². The van der Waals surface area contributed by atoms with E-state index in [1.54, 1.807) is 25.1 Å². The monoisotopic (exact) mass is 590 g/mol. The van der Waals surface area contributed by atoms with E-state index in [-0.39, 0.29) is 23.3 Å². The van der Waals surface area contributed by atoms with Crippen LogP contribution in [0.3, 0.4) is 0 Å². The summed E-state index contributed by atoms with van der Waals surface area (Å²) in [5, 5.41) is 15.5.